The Hall–Kier alpha value is -3.88. The lowest BCUT2D eigenvalue weighted by molar-refractivity contribution is 0.0677. The molecule has 0 unspecified atom stereocenters. The number of methoxy groups -OCH3 is 1. The van der Waals surface area contributed by atoms with Gasteiger partial charge < -0.3 is 19.5 Å². The molecule has 3 aromatic rings. The van der Waals surface area contributed by atoms with E-state index in [0.29, 0.717) is 12.4 Å². The van der Waals surface area contributed by atoms with E-state index in [1.165, 1.54) is 4.68 Å². The number of hydrogen-bond acceptors (Lipinski definition) is 7. The number of rotatable bonds is 9. The number of tetrazole rings is 1. The van der Waals surface area contributed by atoms with E-state index in [0.717, 1.165) is 22.6 Å². The molecule has 0 spiro atoms. The van der Waals surface area contributed by atoms with E-state index in [9.17, 15) is 4.79 Å². The second-order valence-electron chi connectivity index (χ2n) is 6.64. The summed E-state index contributed by atoms with van der Waals surface area (Å²) in [4.78, 5) is 13.1. The molecule has 0 saturated heterocycles. The van der Waals surface area contributed by atoms with Gasteiger partial charge in [0.15, 0.2) is 0 Å². The molecule has 156 valence electrons. The molecule has 0 atom stereocenters. The van der Waals surface area contributed by atoms with Crippen LogP contribution < -0.4 is 14.4 Å². The third-order valence-corrected chi connectivity index (χ3v) is 4.35. The average molecular weight is 409 g/mol. The van der Waals surface area contributed by atoms with Crippen molar-refractivity contribution >= 4 is 17.7 Å². The zero-order chi connectivity index (χ0) is 21.5. The SMILES string of the molecule is COc1ccc(N(C)C)cc1/C=C/COc1ccc(Cn2nnnc2C(=O)O)cc1. The number of ether oxygens (including phenoxy) is 2. The first-order chi connectivity index (χ1) is 14.5. The maximum atomic E-state index is 11.1. The van der Waals surface area contributed by atoms with Gasteiger partial charge in [0.25, 0.3) is 5.82 Å². The number of benzene rings is 2. The third-order valence-electron chi connectivity index (χ3n) is 4.35. The van der Waals surface area contributed by atoms with E-state index in [4.69, 9.17) is 14.6 Å². The minimum Gasteiger partial charge on any atom is -0.496 e. The van der Waals surface area contributed by atoms with Crippen LogP contribution in [0.2, 0.25) is 0 Å². The lowest BCUT2D eigenvalue weighted by Gasteiger charge is -2.14. The Balaban J connectivity index is 1.58. The minimum absolute atomic E-state index is 0.200. The lowest BCUT2D eigenvalue weighted by atomic mass is 10.1. The Kier molecular flexibility index (Phi) is 6.63. The Bertz CT molecular complexity index is 1030. The van der Waals surface area contributed by atoms with Crippen LogP contribution in [0.4, 0.5) is 5.69 Å². The van der Waals surface area contributed by atoms with Crippen molar-refractivity contribution in [3.05, 3.63) is 65.5 Å². The van der Waals surface area contributed by atoms with Gasteiger partial charge in [-0.15, -0.1) is 5.10 Å². The molecule has 0 radical (unpaired) electrons. The van der Waals surface area contributed by atoms with Gasteiger partial charge >= 0.3 is 5.97 Å². The van der Waals surface area contributed by atoms with Gasteiger partial charge in [-0.3, -0.25) is 0 Å². The topological polar surface area (TPSA) is 103 Å². The van der Waals surface area contributed by atoms with Gasteiger partial charge in [-0.2, -0.15) is 0 Å². The van der Waals surface area contributed by atoms with Crippen LogP contribution in [0.15, 0.2) is 48.5 Å². The Morgan fingerprint density at radius 3 is 2.63 bits per heavy atom. The molecular weight excluding hydrogens is 386 g/mol. The molecule has 9 nitrogen and oxygen atoms in total. The van der Waals surface area contributed by atoms with Gasteiger partial charge in [0.05, 0.1) is 13.7 Å². The summed E-state index contributed by atoms with van der Waals surface area (Å²) in [6.45, 7) is 0.654. The second-order valence-corrected chi connectivity index (χ2v) is 6.64. The number of hydrogen-bond donors (Lipinski definition) is 1. The molecule has 0 bridgehead atoms. The Labute approximate surface area is 174 Å². The molecule has 0 fully saturated rings. The van der Waals surface area contributed by atoms with Crippen LogP contribution in [0.5, 0.6) is 11.5 Å². The van der Waals surface area contributed by atoms with Gasteiger partial charge in [-0.05, 0) is 52.4 Å². The number of anilines is 1. The molecule has 1 heterocycles. The maximum absolute atomic E-state index is 11.1. The molecule has 1 N–H and O–H groups in total. The van der Waals surface area contributed by atoms with E-state index < -0.39 is 5.97 Å². The quantitative estimate of drug-likeness (QED) is 0.575. The number of carbonyl (C=O) groups is 1. The molecule has 0 saturated carbocycles. The third kappa shape index (κ3) is 5.13. The molecule has 1 aromatic heterocycles. The van der Waals surface area contributed by atoms with Crippen LogP contribution in [-0.4, -0.2) is 59.1 Å². The van der Waals surface area contributed by atoms with Crippen molar-refractivity contribution in [1.82, 2.24) is 20.2 Å². The summed E-state index contributed by atoms with van der Waals surface area (Å²) in [5.74, 6) is 0.130. The average Bonchev–Trinajstić information content (AvgIpc) is 3.20. The van der Waals surface area contributed by atoms with Crippen molar-refractivity contribution in [2.24, 2.45) is 0 Å². The summed E-state index contributed by atoms with van der Waals surface area (Å²) in [5, 5.41) is 19.6. The van der Waals surface area contributed by atoms with Crippen LogP contribution in [0.1, 0.15) is 21.7 Å². The highest BCUT2D eigenvalue weighted by Crippen LogP contribution is 2.25. The van der Waals surface area contributed by atoms with E-state index in [1.54, 1.807) is 7.11 Å². The number of aromatic nitrogens is 4. The number of carboxylic acid groups (broad SMARTS) is 1. The molecule has 9 heteroatoms. The zero-order valence-corrected chi connectivity index (χ0v) is 17.0. The largest absolute Gasteiger partial charge is 0.496 e. The summed E-state index contributed by atoms with van der Waals surface area (Å²) in [6, 6.07) is 13.3. The molecule has 30 heavy (non-hydrogen) atoms. The highest BCUT2D eigenvalue weighted by atomic mass is 16.5. The first-order valence-electron chi connectivity index (χ1n) is 9.21. The highest BCUT2D eigenvalue weighted by Gasteiger charge is 2.13. The summed E-state index contributed by atoms with van der Waals surface area (Å²) < 4.78 is 12.4. The molecule has 0 aliphatic rings. The van der Waals surface area contributed by atoms with Crippen LogP contribution in [0.25, 0.3) is 6.08 Å². The predicted octanol–water partition coefficient (Wildman–Crippen LogP) is 2.59. The summed E-state index contributed by atoms with van der Waals surface area (Å²) in [5.41, 5.74) is 2.91. The fourth-order valence-corrected chi connectivity index (χ4v) is 2.78. The highest BCUT2D eigenvalue weighted by molar-refractivity contribution is 5.83. The van der Waals surface area contributed by atoms with Crippen molar-refractivity contribution < 1.29 is 19.4 Å². The number of nitrogens with zero attached hydrogens (tertiary/aromatic N) is 5. The van der Waals surface area contributed by atoms with Crippen molar-refractivity contribution in [1.29, 1.82) is 0 Å². The van der Waals surface area contributed by atoms with Gasteiger partial charge in [-0.25, -0.2) is 9.48 Å². The van der Waals surface area contributed by atoms with E-state index in [-0.39, 0.29) is 12.4 Å². The first-order valence-corrected chi connectivity index (χ1v) is 9.21. The predicted molar refractivity (Wildman–Crippen MR) is 112 cm³/mol. The molecule has 3 rings (SSSR count). The molecular formula is C21H23N5O4. The monoisotopic (exact) mass is 409 g/mol. The van der Waals surface area contributed by atoms with Crippen LogP contribution in [0, 0.1) is 0 Å². The normalized spacial score (nSPS) is 10.9. The fourth-order valence-electron chi connectivity index (χ4n) is 2.78. The summed E-state index contributed by atoms with van der Waals surface area (Å²) in [6.07, 6.45) is 3.89. The van der Waals surface area contributed by atoms with Crippen molar-refractivity contribution in [3.63, 3.8) is 0 Å². The minimum atomic E-state index is -1.17. The standard InChI is InChI=1S/C21H23N5O4/c1-25(2)17-8-11-19(29-3)16(13-17)5-4-12-30-18-9-6-15(7-10-18)14-26-20(21(27)28)22-23-24-26/h4-11,13H,12,14H2,1-3H3,(H,27,28)/b5-4+. The van der Waals surface area contributed by atoms with Gasteiger partial charge in [0.2, 0.25) is 0 Å². The van der Waals surface area contributed by atoms with Crippen LogP contribution in [0.3, 0.4) is 0 Å². The Morgan fingerprint density at radius 1 is 1.20 bits per heavy atom. The summed E-state index contributed by atoms with van der Waals surface area (Å²) in [7, 11) is 5.63. The lowest BCUT2D eigenvalue weighted by Crippen LogP contribution is -2.12. The van der Waals surface area contributed by atoms with E-state index >= 15 is 0 Å². The molecule has 2 aromatic carbocycles. The van der Waals surface area contributed by atoms with Gasteiger partial charge in [0, 0.05) is 25.3 Å². The molecule has 0 aliphatic heterocycles. The maximum Gasteiger partial charge on any atom is 0.375 e. The van der Waals surface area contributed by atoms with Crippen LogP contribution in [-0.2, 0) is 6.54 Å². The van der Waals surface area contributed by atoms with Gasteiger partial charge in [0.1, 0.15) is 18.1 Å². The second kappa shape index (κ2) is 9.55. The van der Waals surface area contributed by atoms with Gasteiger partial charge in [-0.1, -0.05) is 18.2 Å². The van der Waals surface area contributed by atoms with Crippen molar-refractivity contribution in [3.8, 4) is 11.5 Å². The first kappa shape index (κ1) is 20.8. The molecule has 0 aliphatic carbocycles. The fraction of sp³-hybridized carbons (Fsp3) is 0.238. The number of carboxylic acids is 1. The van der Waals surface area contributed by atoms with E-state index in [1.807, 2.05) is 67.5 Å². The smallest absolute Gasteiger partial charge is 0.375 e. The zero-order valence-electron chi connectivity index (χ0n) is 17.0. The summed E-state index contributed by atoms with van der Waals surface area (Å²) >= 11 is 0. The Morgan fingerprint density at radius 2 is 1.97 bits per heavy atom. The van der Waals surface area contributed by atoms with Crippen molar-refractivity contribution in [2.75, 3.05) is 32.7 Å². The van der Waals surface area contributed by atoms with Crippen LogP contribution >= 0.6 is 0 Å². The van der Waals surface area contributed by atoms with E-state index in [2.05, 4.69) is 21.6 Å². The van der Waals surface area contributed by atoms with Crippen molar-refractivity contribution in [2.45, 2.75) is 6.54 Å². The molecule has 0 amide bonds. The number of aromatic carboxylic acids is 1.